The van der Waals surface area contributed by atoms with E-state index in [0.29, 0.717) is 5.69 Å². The molecule has 1 amide bonds. The van der Waals surface area contributed by atoms with Crippen LogP contribution in [0.5, 0.6) is 0 Å². The predicted molar refractivity (Wildman–Crippen MR) is 147 cm³/mol. The van der Waals surface area contributed by atoms with Gasteiger partial charge in [-0.1, -0.05) is 38.5 Å². The van der Waals surface area contributed by atoms with Crippen LogP contribution in [0.4, 0.5) is 0 Å². The molecule has 0 fully saturated rings. The van der Waals surface area contributed by atoms with Crippen LogP contribution < -0.4 is 16.5 Å². The Morgan fingerprint density at radius 3 is 2.55 bits per heavy atom. The van der Waals surface area contributed by atoms with Gasteiger partial charge in [0.1, 0.15) is 11.6 Å². The first kappa shape index (κ1) is 26.2. The van der Waals surface area contributed by atoms with Gasteiger partial charge < -0.3 is 4.98 Å². The van der Waals surface area contributed by atoms with Crippen LogP contribution in [0.1, 0.15) is 65.0 Å². The first-order chi connectivity index (χ1) is 18.4. The zero-order chi connectivity index (χ0) is 27.2. The molecular formula is C29H28N6O3. The van der Waals surface area contributed by atoms with E-state index >= 15 is 0 Å². The van der Waals surface area contributed by atoms with Crippen molar-refractivity contribution in [1.82, 2.24) is 20.2 Å². The molecule has 9 nitrogen and oxygen atoms in total. The van der Waals surface area contributed by atoms with Crippen molar-refractivity contribution in [1.29, 1.82) is 5.26 Å². The van der Waals surface area contributed by atoms with Crippen LogP contribution >= 0.6 is 0 Å². The van der Waals surface area contributed by atoms with Gasteiger partial charge in [-0.25, -0.2) is 5.43 Å². The Balaban J connectivity index is 1.62. The number of rotatable bonds is 8. The number of unbranched alkanes of at least 4 members (excludes halogenated alkanes) is 1. The zero-order valence-electron chi connectivity index (χ0n) is 21.5. The van der Waals surface area contributed by atoms with E-state index in [-0.39, 0.29) is 27.9 Å². The first-order valence-electron chi connectivity index (χ1n) is 12.5. The van der Waals surface area contributed by atoms with Crippen molar-refractivity contribution in [2.24, 2.45) is 5.10 Å². The molecule has 0 unspecified atom stereocenters. The van der Waals surface area contributed by atoms with E-state index in [1.54, 1.807) is 18.2 Å². The van der Waals surface area contributed by atoms with E-state index in [1.165, 1.54) is 18.7 Å². The number of nitrogens with zero attached hydrogens (tertiary/aromatic N) is 4. The number of H-pyrrole nitrogens is 1. The highest BCUT2D eigenvalue weighted by Crippen LogP contribution is 2.16. The number of carbonyl (C=O) groups is 1. The van der Waals surface area contributed by atoms with Crippen LogP contribution in [0.3, 0.4) is 0 Å². The lowest BCUT2D eigenvalue weighted by Gasteiger charge is -2.11. The summed E-state index contributed by atoms with van der Waals surface area (Å²) < 4.78 is 1.04. The lowest BCUT2D eigenvalue weighted by Crippen LogP contribution is -2.31. The van der Waals surface area contributed by atoms with Crippen molar-refractivity contribution in [2.75, 3.05) is 0 Å². The maximum Gasteiger partial charge on any atom is 0.292 e. The molecule has 2 aromatic heterocycles. The summed E-state index contributed by atoms with van der Waals surface area (Å²) in [6.45, 7) is 5.64. The minimum atomic E-state index is -0.715. The number of hydrazone groups is 1. The van der Waals surface area contributed by atoms with Gasteiger partial charge in [-0.3, -0.25) is 14.4 Å². The Hall–Kier alpha value is -4.84. The molecule has 38 heavy (non-hydrogen) atoms. The average Bonchev–Trinajstić information content (AvgIpc) is 2.92. The fraction of sp³-hybridized carbons (Fsp3) is 0.241. The van der Waals surface area contributed by atoms with Gasteiger partial charge >= 0.3 is 0 Å². The number of amides is 1. The van der Waals surface area contributed by atoms with Crippen LogP contribution in [-0.4, -0.2) is 26.9 Å². The molecule has 0 aliphatic rings. The number of carbonyl (C=O) groups excluding carboxylic acids is 1. The third-order valence-corrected chi connectivity index (χ3v) is 6.38. The van der Waals surface area contributed by atoms with Gasteiger partial charge in [0.15, 0.2) is 5.69 Å². The Morgan fingerprint density at radius 1 is 1.13 bits per heavy atom. The van der Waals surface area contributed by atoms with Crippen LogP contribution in [0, 0.1) is 18.3 Å². The first-order valence-corrected chi connectivity index (χ1v) is 12.5. The van der Waals surface area contributed by atoms with E-state index in [9.17, 15) is 19.6 Å². The number of aromatic nitrogens is 3. The topological polar surface area (TPSA) is 133 Å². The summed E-state index contributed by atoms with van der Waals surface area (Å²) in [6, 6.07) is 16.6. The maximum atomic E-state index is 13.0. The number of pyridine rings is 1. The lowest BCUT2D eigenvalue weighted by atomic mass is 10.0. The second kappa shape index (κ2) is 11.5. The standard InChI is InChI=1S/C29H28N6O3/c1-4-6-7-20-10-13-25-21(14-20)15-22(27(36)32-25)17-31-33-28(37)26-18(3)24(16-30)29(38)35(34-26)23-11-8-19(5-2)9-12-23/h8-15,17H,4-7H2,1-3H3,(H,32,36)(H,33,37)/b31-17+. The van der Waals surface area contributed by atoms with E-state index in [0.717, 1.165) is 46.8 Å². The minimum Gasteiger partial charge on any atom is -0.321 e. The fourth-order valence-electron chi connectivity index (χ4n) is 4.12. The van der Waals surface area contributed by atoms with Crippen molar-refractivity contribution >= 4 is 23.0 Å². The monoisotopic (exact) mass is 508 g/mol. The molecule has 0 radical (unpaired) electrons. The van der Waals surface area contributed by atoms with Crippen LogP contribution in [0.25, 0.3) is 16.6 Å². The summed E-state index contributed by atoms with van der Waals surface area (Å²) in [7, 11) is 0. The Labute approximate surface area is 219 Å². The van der Waals surface area contributed by atoms with Gasteiger partial charge in [-0.15, -0.1) is 0 Å². The van der Waals surface area contributed by atoms with Crippen molar-refractivity contribution in [3.05, 3.63) is 103 Å². The number of hydrogen-bond donors (Lipinski definition) is 2. The number of fused-ring (bicyclic) bond motifs is 1. The summed E-state index contributed by atoms with van der Waals surface area (Å²) in [6.07, 6.45) is 5.20. The molecule has 2 N–H and O–H groups in total. The van der Waals surface area contributed by atoms with E-state index in [4.69, 9.17) is 0 Å². The highest BCUT2D eigenvalue weighted by Gasteiger charge is 2.20. The van der Waals surface area contributed by atoms with Gasteiger partial charge in [0.05, 0.1) is 17.5 Å². The summed E-state index contributed by atoms with van der Waals surface area (Å²) in [5, 5.41) is 18.6. The molecule has 0 spiro atoms. The van der Waals surface area contributed by atoms with Crippen molar-refractivity contribution in [3.63, 3.8) is 0 Å². The molecule has 2 heterocycles. The fourth-order valence-corrected chi connectivity index (χ4v) is 4.12. The van der Waals surface area contributed by atoms with Crippen molar-refractivity contribution in [3.8, 4) is 11.8 Å². The SMILES string of the molecule is CCCCc1ccc2[nH]c(=O)c(/C=N/NC(=O)c3nn(-c4ccc(CC)cc4)c(=O)c(C#N)c3C)cc2c1. The number of hydrogen-bond acceptors (Lipinski definition) is 6. The van der Waals surface area contributed by atoms with E-state index in [2.05, 4.69) is 27.5 Å². The van der Waals surface area contributed by atoms with Crippen molar-refractivity contribution < 1.29 is 4.79 Å². The lowest BCUT2D eigenvalue weighted by molar-refractivity contribution is 0.0947. The molecule has 0 aliphatic carbocycles. The van der Waals surface area contributed by atoms with Gasteiger partial charge in [-0.2, -0.15) is 20.1 Å². The summed E-state index contributed by atoms with van der Waals surface area (Å²) in [5.41, 5.74) is 4.92. The van der Waals surface area contributed by atoms with Gasteiger partial charge in [0, 0.05) is 11.1 Å². The second-order valence-electron chi connectivity index (χ2n) is 8.98. The van der Waals surface area contributed by atoms with Gasteiger partial charge in [-0.05, 0) is 73.0 Å². The van der Waals surface area contributed by atoms with E-state index in [1.807, 2.05) is 43.3 Å². The molecule has 2 aromatic carbocycles. The molecule has 0 saturated heterocycles. The Kier molecular flexibility index (Phi) is 7.92. The number of aromatic amines is 1. The molecule has 0 saturated carbocycles. The molecule has 0 aliphatic heterocycles. The normalized spacial score (nSPS) is 11.1. The molecular weight excluding hydrogens is 480 g/mol. The number of aryl methyl sites for hydroxylation is 2. The molecule has 0 atom stereocenters. The van der Waals surface area contributed by atoms with Crippen LogP contribution in [-0.2, 0) is 12.8 Å². The molecule has 4 aromatic rings. The number of nitrogens with one attached hydrogen (secondary N) is 2. The third kappa shape index (κ3) is 5.44. The average molecular weight is 509 g/mol. The van der Waals surface area contributed by atoms with Crippen molar-refractivity contribution in [2.45, 2.75) is 46.5 Å². The number of benzene rings is 2. The van der Waals surface area contributed by atoms with Gasteiger partial charge in [0.2, 0.25) is 0 Å². The molecule has 4 rings (SSSR count). The van der Waals surface area contributed by atoms with Crippen LogP contribution in [0.15, 0.2) is 63.2 Å². The predicted octanol–water partition coefficient (Wildman–Crippen LogP) is 3.92. The van der Waals surface area contributed by atoms with Gasteiger partial charge in [0.25, 0.3) is 17.0 Å². The number of nitriles is 1. The maximum absolute atomic E-state index is 13.0. The quantitative estimate of drug-likeness (QED) is 0.275. The Morgan fingerprint density at radius 2 is 1.87 bits per heavy atom. The third-order valence-electron chi connectivity index (χ3n) is 6.38. The molecule has 192 valence electrons. The van der Waals surface area contributed by atoms with E-state index < -0.39 is 11.5 Å². The second-order valence-corrected chi connectivity index (χ2v) is 8.98. The highest BCUT2D eigenvalue weighted by atomic mass is 16.2. The smallest absolute Gasteiger partial charge is 0.292 e. The highest BCUT2D eigenvalue weighted by molar-refractivity contribution is 5.95. The largest absolute Gasteiger partial charge is 0.321 e. The molecule has 0 bridgehead atoms. The summed E-state index contributed by atoms with van der Waals surface area (Å²) in [5.74, 6) is -0.715. The molecule has 9 heteroatoms. The summed E-state index contributed by atoms with van der Waals surface area (Å²) >= 11 is 0. The van der Waals surface area contributed by atoms with Crippen LogP contribution in [0.2, 0.25) is 0 Å². The Bertz CT molecular complexity index is 1690. The summed E-state index contributed by atoms with van der Waals surface area (Å²) in [4.78, 5) is 41.2. The minimum absolute atomic E-state index is 0.120. The zero-order valence-corrected chi connectivity index (χ0v) is 21.5.